The first-order valence-corrected chi connectivity index (χ1v) is 9.89. The van der Waals surface area contributed by atoms with Gasteiger partial charge < -0.3 is 14.0 Å². The van der Waals surface area contributed by atoms with Gasteiger partial charge in [0.2, 0.25) is 0 Å². The highest BCUT2D eigenvalue weighted by Gasteiger charge is 2.11. The molecule has 3 aromatic rings. The summed E-state index contributed by atoms with van der Waals surface area (Å²) in [6, 6.07) is 10.5. The van der Waals surface area contributed by atoms with Crippen molar-refractivity contribution < 1.29 is 14.3 Å². The number of aromatic nitrogens is 1. The molecule has 1 aromatic heterocycles. The summed E-state index contributed by atoms with van der Waals surface area (Å²) in [6.07, 6.45) is 0. The van der Waals surface area contributed by atoms with E-state index in [0.717, 1.165) is 16.0 Å². The zero-order chi connectivity index (χ0) is 19.4. The molecule has 0 aliphatic carbocycles. The highest BCUT2D eigenvalue weighted by atomic mass is 35.5. The van der Waals surface area contributed by atoms with E-state index in [2.05, 4.69) is 4.99 Å². The maximum Gasteiger partial charge on any atom is 0.279 e. The van der Waals surface area contributed by atoms with Crippen LogP contribution in [0.1, 0.15) is 17.3 Å². The molecular formula is C19H18Cl2N2O3S. The zero-order valence-corrected chi connectivity index (χ0v) is 17.2. The van der Waals surface area contributed by atoms with Crippen LogP contribution in [0.15, 0.2) is 41.4 Å². The summed E-state index contributed by atoms with van der Waals surface area (Å²) < 4.78 is 13.7. The largest absolute Gasteiger partial charge is 0.497 e. The minimum absolute atomic E-state index is 0.346. The number of hydrogen-bond acceptors (Lipinski definition) is 4. The lowest BCUT2D eigenvalue weighted by molar-refractivity contribution is 0.0996. The molecule has 0 radical (unpaired) electrons. The standard InChI is InChI=1S/C19H18Cl2N2O3S/c1-3-26-7-6-23-16-5-4-15(25-2)11-17(16)27-19(23)22-18(24)12-8-13(20)10-14(21)9-12/h4-5,8-11H,3,6-7H2,1-2H3. The van der Waals surface area contributed by atoms with Gasteiger partial charge in [-0.2, -0.15) is 4.99 Å². The van der Waals surface area contributed by atoms with E-state index in [1.807, 2.05) is 29.7 Å². The summed E-state index contributed by atoms with van der Waals surface area (Å²) in [4.78, 5) is 17.5. The lowest BCUT2D eigenvalue weighted by atomic mass is 10.2. The molecule has 8 heteroatoms. The summed E-state index contributed by atoms with van der Waals surface area (Å²) in [5, 5.41) is 0.790. The van der Waals surface area contributed by atoms with E-state index in [1.165, 1.54) is 11.3 Å². The Morgan fingerprint density at radius 3 is 2.59 bits per heavy atom. The first-order chi connectivity index (χ1) is 13.0. The van der Waals surface area contributed by atoms with Crippen LogP contribution in [0.3, 0.4) is 0 Å². The van der Waals surface area contributed by atoms with Crippen LogP contribution in [0, 0.1) is 0 Å². The molecule has 3 rings (SSSR count). The van der Waals surface area contributed by atoms with Crippen molar-refractivity contribution in [3.05, 3.63) is 56.8 Å². The van der Waals surface area contributed by atoms with Gasteiger partial charge in [0.15, 0.2) is 4.80 Å². The van der Waals surface area contributed by atoms with Crippen LogP contribution in [-0.4, -0.2) is 30.8 Å². The van der Waals surface area contributed by atoms with Crippen molar-refractivity contribution in [2.24, 2.45) is 4.99 Å². The van der Waals surface area contributed by atoms with E-state index in [0.29, 0.717) is 40.2 Å². The Morgan fingerprint density at radius 1 is 1.19 bits per heavy atom. The van der Waals surface area contributed by atoms with Crippen molar-refractivity contribution >= 4 is 50.7 Å². The molecule has 0 spiro atoms. The monoisotopic (exact) mass is 424 g/mol. The number of halogens is 2. The Labute approximate surface area is 170 Å². The molecule has 142 valence electrons. The van der Waals surface area contributed by atoms with Gasteiger partial charge in [0.25, 0.3) is 5.91 Å². The second-order valence-electron chi connectivity index (χ2n) is 5.64. The molecule has 0 N–H and O–H groups in total. The summed E-state index contributed by atoms with van der Waals surface area (Å²) in [5.41, 5.74) is 1.31. The summed E-state index contributed by atoms with van der Waals surface area (Å²) in [6.45, 7) is 3.68. The van der Waals surface area contributed by atoms with Gasteiger partial charge in [-0.25, -0.2) is 0 Å². The smallest absolute Gasteiger partial charge is 0.279 e. The fourth-order valence-corrected chi connectivity index (χ4v) is 4.22. The van der Waals surface area contributed by atoms with E-state index in [-0.39, 0.29) is 0 Å². The fourth-order valence-electron chi connectivity index (χ4n) is 2.61. The van der Waals surface area contributed by atoms with Crippen LogP contribution >= 0.6 is 34.5 Å². The highest BCUT2D eigenvalue weighted by molar-refractivity contribution is 7.16. The maximum absolute atomic E-state index is 12.7. The number of fused-ring (bicyclic) bond motifs is 1. The van der Waals surface area contributed by atoms with Gasteiger partial charge in [-0.05, 0) is 43.3 Å². The van der Waals surface area contributed by atoms with E-state index in [1.54, 1.807) is 25.3 Å². The van der Waals surface area contributed by atoms with E-state index in [9.17, 15) is 4.79 Å². The number of methoxy groups -OCH3 is 1. The number of carbonyl (C=O) groups excluding carboxylic acids is 1. The average molecular weight is 425 g/mol. The van der Waals surface area contributed by atoms with Gasteiger partial charge >= 0.3 is 0 Å². The van der Waals surface area contributed by atoms with Gasteiger partial charge in [0.1, 0.15) is 5.75 Å². The number of amides is 1. The Bertz CT molecular complexity index is 1020. The van der Waals surface area contributed by atoms with Gasteiger partial charge in [-0.15, -0.1) is 0 Å². The molecule has 1 amide bonds. The Kier molecular flexibility index (Phi) is 6.55. The molecule has 0 atom stereocenters. The molecule has 0 saturated carbocycles. The average Bonchev–Trinajstić information content (AvgIpc) is 2.97. The van der Waals surface area contributed by atoms with E-state index in [4.69, 9.17) is 32.7 Å². The topological polar surface area (TPSA) is 52.8 Å². The predicted molar refractivity (Wildman–Crippen MR) is 109 cm³/mol. The molecule has 2 aromatic carbocycles. The van der Waals surface area contributed by atoms with E-state index >= 15 is 0 Å². The second-order valence-corrected chi connectivity index (χ2v) is 7.52. The first kappa shape index (κ1) is 19.9. The van der Waals surface area contributed by atoms with Crippen molar-refractivity contribution in [2.45, 2.75) is 13.5 Å². The molecule has 0 aliphatic heterocycles. The first-order valence-electron chi connectivity index (χ1n) is 8.32. The molecule has 27 heavy (non-hydrogen) atoms. The SMILES string of the molecule is CCOCCn1c(=NC(=O)c2cc(Cl)cc(Cl)c2)sc2cc(OC)ccc21. The Balaban J connectivity index is 2.08. The van der Waals surface area contributed by atoms with Crippen LogP contribution < -0.4 is 9.54 Å². The van der Waals surface area contributed by atoms with Crippen molar-refractivity contribution in [3.63, 3.8) is 0 Å². The van der Waals surface area contributed by atoms with Gasteiger partial charge in [0, 0.05) is 28.8 Å². The van der Waals surface area contributed by atoms with Crippen molar-refractivity contribution in [1.82, 2.24) is 4.57 Å². The molecule has 0 bridgehead atoms. The highest BCUT2D eigenvalue weighted by Crippen LogP contribution is 2.24. The van der Waals surface area contributed by atoms with Crippen LogP contribution in [-0.2, 0) is 11.3 Å². The minimum atomic E-state index is -0.400. The van der Waals surface area contributed by atoms with Crippen LogP contribution in [0.5, 0.6) is 5.75 Å². The molecule has 0 aliphatic rings. The van der Waals surface area contributed by atoms with Crippen molar-refractivity contribution in [1.29, 1.82) is 0 Å². The number of benzene rings is 2. The normalized spacial score (nSPS) is 11.9. The number of hydrogen-bond donors (Lipinski definition) is 0. The third-order valence-corrected chi connectivity index (χ3v) is 5.34. The van der Waals surface area contributed by atoms with Crippen LogP contribution in [0.4, 0.5) is 0 Å². The number of carbonyl (C=O) groups is 1. The van der Waals surface area contributed by atoms with Crippen LogP contribution in [0.2, 0.25) is 10.0 Å². The molecule has 5 nitrogen and oxygen atoms in total. The number of nitrogens with zero attached hydrogens (tertiary/aromatic N) is 2. The summed E-state index contributed by atoms with van der Waals surface area (Å²) in [5.74, 6) is 0.350. The molecule has 0 saturated heterocycles. The predicted octanol–water partition coefficient (Wildman–Crippen LogP) is 4.80. The van der Waals surface area contributed by atoms with Crippen LogP contribution in [0.25, 0.3) is 10.2 Å². The number of thiazole rings is 1. The molecule has 1 heterocycles. The number of rotatable bonds is 6. The maximum atomic E-state index is 12.7. The summed E-state index contributed by atoms with van der Waals surface area (Å²) >= 11 is 13.4. The minimum Gasteiger partial charge on any atom is -0.497 e. The summed E-state index contributed by atoms with van der Waals surface area (Å²) in [7, 11) is 1.62. The van der Waals surface area contributed by atoms with Gasteiger partial charge in [-0.3, -0.25) is 4.79 Å². The third-order valence-electron chi connectivity index (χ3n) is 3.86. The zero-order valence-electron chi connectivity index (χ0n) is 14.9. The lowest BCUT2D eigenvalue weighted by Crippen LogP contribution is -2.19. The Morgan fingerprint density at radius 2 is 1.93 bits per heavy atom. The molecular weight excluding hydrogens is 407 g/mol. The lowest BCUT2D eigenvalue weighted by Gasteiger charge is -2.06. The second kappa shape index (κ2) is 8.89. The molecule has 0 fully saturated rings. The molecule has 0 unspecified atom stereocenters. The van der Waals surface area contributed by atoms with E-state index < -0.39 is 5.91 Å². The Hall–Kier alpha value is -1.86. The van der Waals surface area contributed by atoms with Crippen molar-refractivity contribution in [2.75, 3.05) is 20.3 Å². The quantitative estimate of drug-likeness (QED) is 0.534. The van der Waals surface area contributed by atoms with Gasteiger partial charge in [0.05, 0.1) is 23.9 Å². The van der Waals surface area contributed by atoms with Crippen molar-refractivity contribution in [3.8, 4) is 5.75 Å². The fraction of sp³-hybridized carbons (Fsp3) is 0.263. The third kappa shape index (κ3) is 4.71. The number of ether oxygens (including phenoxy) is 2. The van der Waals surface area contributed by atoms with Gasteiger partial charge in [-0.1, -0.05) is 34.5 Å².